The van der Waals surface area contributed by atoms with E-state index in [2.05, 4.69) is 10.2 Å². The quantitative estimate of drug-likeness (QED) is 0.554. The Kier molecular flexibility index (Phi) is 4.85. The molecule has 28 heavy (non-hydrogen) atoms. The van der Waals surface area contributed by atoms with Crippen molar-refractivity contribution >= 4 is 0 Å². The van der Waals surface area contributed by atoms with E-state index in [0.29, 0.717) is 6.61 Å². The van der Waals surface area contributed by atoms with E-state index in [4.69, 9.17) is 4.74 Å². The molecule has 142 valence electrons. The van der Waals surface area contributed by atoms with Crippen LogP contribution in [0.25, 0.3) is 16.8 Å². The Hall–Kier alpha value is -3.54. The fraction of sp³-hybridized carbons (Fsp3) is 0.182. The van der Waals surface area contributed by atoms with Gasteiger partial charge in [-0.3, -0.25) is 14.2 Å². The standard InChI is InChI=1S/C22H22N4O2/c1-3-28-21-6-4-5-18(13-21)16(2)25-11-12-26(22(25)27)20-9-7-17(8-10-20)19-14-23-24-15-19/h4-16H,3H2,1-2H3,(H,23,24). The predicted molar refractivity (Wildman–Crippen MR) is 109 cm³/mol. The molecule has 4 rings (SSSR count). The maximum absolute atomic E-state index is 13.0. The molecular weight excluding hydrogens is 352 g/mol. The van der Waals surface area contributed by atoms with Crippen LogP contribution in [-0.4, -0.2) is 25.9 Å². The molecule has 0 aliphatic carbocycles. The zero-order chi connectivity index (χ0) is 19.5. The molecule has 1 unspecified atom stereocenters. The van der Waals surface area contributed by atoms with Crippen LogP contribution >= 0.6 is 0 Å². The van der Waals surface area contributed by atoms with Crippen molar-refractivity contribution in [2.24, 2.45) is 0 Å². The van der Waals surface area contributed by atoms with E-state index in [1.165, 1.54) is 0 Å². The lowest BCUT2D eigenvalue weighted by atomic mass is 10.1. The van der Waals surface area contributed by atoms with Crippen molar-refractivity contribution < 1.29 is 4.74 Å². The van der Waals surface area contributed by atoms with Crippen LogP contribution in [0.3, 0.4) is 0 Å². The summed E-state index contributed by atoms with van der Waals surface area (Å²) in [4.78, 5) is 13.0. The summed E-state index contributed by atoms with van der Waals surface area (Å²) in [6, 6.07) is 15.6. The monoisotopic (exact) mass is 374 g/mol. The van der Waals surface area contributed by atoms with Gasteiger partial charge < -0.3 is 4.74 Å². The molecule has 2 aromatic carbocycles. The number of rotatable bonds is 6. The second-order valence-electron chi connectivity index (χ2n) is 6.57. The minimum Gasteiger partial charge on any atom is -0.494 e. The number of nitrogens with zero attached hydrogens (tertiary/aromatic N) is 3. The van der Waals surface area contributed by atoms with Crippen molar-refractivity contribution in [1.29, 1.82) is 0 Å². The first-order valence-electron chi connectivity index (χ1n) is 9.29. The lowest BCUT2D eigenvalue weighted by molar-refractivity contribution is 0.339. The molecule has 0 fully saturated rings. The van der Waals surface area contributed by atoms with Crippen LogP contribution in [0.15, 0.2) is 78.1 Å². The van der Waals surface area contributed by atoms with Crippen molar-refractivity contribution in [3.05, 3.63) is 89.4 Å². The summed E-state index contributed by atoms with van der Waals surface area (Å²) in [6.45, 7) is 4.58. The zero-order valence-corrected chi connectivity index (χ0v) is 15.9. The Balaban J connectivity index is 1.62. The zero-order valence-electron chi connectivity index (χ0n) is 15.9. The van der Waals surface area contributed by atoms with Gasteiger partial charge in [0.1, 0.15) is 5.75 Å². The van der Waals surface area contributed by atoms with Crippen molar-refractivity contribution in [2.45, 2.75) is 19.9 Å². The van der Waals surface area contributed by atoms with Crippen molar-refractivity contribution in [3.8, 4) is 22.6 Å². The first-order chi connectivity index (χ1) is 13.7. The number of aromatic nitrogens is 4. The number of imidazole rings is 1. The third-order valence-corrected chi connectivity index (χ3v) is 4.85. The summed E-state index contributed by atoms with van der Waals surface area (Å²) in [5.41, 5.74) is 3.84. The van der Waals surface area contributed by atoms with Gasteiger partial charge in [-0.1, -0.05) is 24.3 Å². The smallest absolute Gasteiger partial charge is 0.333 e. The molecule has 2 heterocycles. The van der Waals surface area contributed by atoms with E-state index >= 15 is 0 Å². The van der Waals surface area contributed by atoms with Gasteiger partial charge in [0, 0.05) is 24.2 Å². The van der Waals surface area contributed by atoms with Gasteiger partial charge in [0.25, 0.3) is 0 Å². The number of ether oxygens (including phenoxy) is 1. The van der Waals surface area contributed by atoms with Crippen LogP contribution in [0, 0.1) is 0 Å². The molecule has 2 aromatic heterocycles. The van der Waals surface area contributed by atoms with E-state index in [1.807, 2.05) is 74.8 Å². The summed E-state index contributed by atoms with van der Waals surface area (Å²) < 4.78 is 8.97. The summed E-state index contributed by atoms with van der Waals surface area (Å²) >= 11 is 0. The summed E-state index contributed by atoms with van der Waals surface area (Å²) in [5, 5.41) is 6.78. The molecule has 0 saturated heterocycles. The molecule has 0 saturated carbocycles. The third-order valence-electron chi connectivity index (χ3n) is 4.85. The first-order valence-corrected chi connectivity index (χ1v) is 9.29. The number of nitrogens with one attached hydrogen (secondary N) is 1. The minimum absolute atomic E-state index is 0.0784. The van der Waals surface area contributed by atoms with Crippen LogP contribution < -0.4 is 10.4 Å². The van der Waals surface area contributed by atoms with Gasteiger partial charge in [0.15, 0.2) is 0 Å². The van der Waals surface area contributed by atoms with Crippen molar-refractivity contribution in [3.63, 3.8) is 0 Å². The van der Waals surface area contributed by atoms with E-state index in [-0.39, 0.29) is 11.7 Å². The highest BCUT2D eigenvalue weighted by atomic mass is 16.5. The topological polar surface area (TPSA) is 64.8 Å². The number of benzene rings is 2. The molecule has 1 atom stereocenters. The van der Waals surface area contributed by atoms with E-state index in [1.54, 1.807) is 21.5 Å². The van der Waals surface area contributed by atoms with Gasteiger partial charge in [0.2, 0.25) is 0 Å². The summed E-state index contributed by atoms with van der Waals surface area (Å²) in [5.74, 6) is 0.814. The second kappa shape index (κ2) is 7.60. The molecule has 0 aliphatic heterocycles. The van der Waals surface area contributed by atoms with Crippen LogP contribution in [0.5, 0.6) is 5.75 Å². The normalized spacial score (nSPS) is 12.1. The number of H-pyrrole nitrogens is 1. The maximum Gasteiger partial charge on any atom is 0.333 e. The number of aromatic amines is 1. The Morgan fingerprint density at radius 1 is 1.11 bits per heavy atom. The van der Waals surface area contributed by atoms with Gasteiger partial charge in [0.05, 0.1) is 24.5 Å². The molecule has 1 N–H and O–H groups in total. The lowest BCUT2D eigenvalue weighted by Gasteiger charge is -2.14. The molecule has 6 heteroatoms. The SMILES string of the molecule is CCOc1cccc(C(C)n2ccn(-c3ccc(-c4cn[nH]c4)cc3)c2=O)c1. The van der Waals surface area contributed by atoms with Gasteiger partial charge in [-0.25, -0.2) is 4.79 Å². The fourth-order valence-corrected chi connectivity index (χ4v) is 3.30. The van der Waals surface area contributed by atoms with Crippen LogP contribution in [0.4, 0.5) is 0 Å². The molecule has 0 radical (unpaired) electrons. The Bertz CT molecular complexity index is 1110. The molecule has 0 bridgehead atoms. The highest BCUT2D eigenvalue weighted by Gasteiger charge is 2.14. The highest BCUT2D eigenvalue weighted by Crippen LogP contribution is 2.22. The Morgan fingerprint density at radius 3 is 2.64 bits per heavy atom. The van der Waals surface area contributed by atoms with Crippen LogP contribution in [0.2, 0.25) is 0 Å². The molecule has 4 aromatic rings. The summed E-state index contributed by atoms with van der Waals surface area (Å²) in [6.07, 6.45) is 7.24. The van der Waals surface area contributed by atoms with Gasteiger partial charge >= 0.3 is 5.69 Å². The van der Waals surface area contributed by atoms with Crippen LogP contribution in [-0.2, 0) is 0 Å². The second-order valence-corrected chi connectivity index (χ2v) is 6.57. The first kappa shape index (κ1) is 17.9. The number of hydrogen-bond acceptors (Lipinski definition) is 3. The minimum atomic E-state index is -0.0978. The third kappa shape index (κ3) is 3.36. The maximum atomic E-state index is 13.0. The largest absolute Gasteiger partial charge is 0.494 e. The van der Waals surface area contributed by atoms with Crippen molar-refractivity contribution in [1.82, 2.24) is 19.3 Å². The molecule has 0 amide bonds. The molecule has 0 spiro atoms. The molecular formula is C22H22N4O2. The van der Waals surface area contributed by atoms with Crippen LogP contribution in [0.1, 0.15) is 25.5 Å². The van der Waals surface area contributed by atoms with E-state index in [9.17, 15) is 4.79 Å². The predicted octanol–water partition coefficient (Wildman–Crippen LogP) is 4.04. The van der Waals surface area contributed by atoms with Gasteiger partial charge in [-0.2, -0.15) is 5.10 Å². The van der Waals surface area contributed by atoms with Gasteiger partial charge in [-0.15, -0.1) is 0 Å². The average Bonchev–Trinajstić information content (AvgIpc) is 3.38. The highest BCUT2D eigenvalue weighted by molar-refractivity contribution is 5.62. The van der Waals surface area contributed by atoms with E-state index in [0.717, 1.165) is 28.1 Å². The molecule has 6 nitrogen and oxygen atoms in total. The number of hydrogen-bond donors (Lipinski definition) is 1. The van der Waals surface area contributed by atoms with E-state index < -0.39 is 0 Å². The lowest BCUT2D eigenvalue weighted by Crippen LogP contribution is -2.25. The van der Waals surface area contributed by atoms with Gasteiger partial charge in [-0.05, 0) is 49.2 Å². The molecule has 0 aliphatic rings. The summed E-state index contributed by atoms with van der Waals surface area (Å²) in [7, 11) is 0. The fourth-order valence-electron chi connectivity index (χ4n) is 3.30. The Labute approximate surface area is 163 Å². The Morgan fingerprint density at radius 2 is 1.93 bits per heavy atom. The average molecular weight is 374 g/mol. The van der Waals surface area contributed by atoms with Crippen molar-refractivity contribution in [2.75, 3.05) is 6.61 Å².